The molecule has 0 saturated carbocycles. The van der Waals surface area contributed by atoms with Gasteiger partial charge in [0.1, 0.15) is 6.04 Å². The number of carbonyl (C=O) groups excluding carboxylic acids is 3. The second-order valence-corrected chi connectivity index (χ2v) is 10.1. The van der Waals surface area contributed by atoms with E-state index in [-0.39, 0.29) is 60.8 Å². The molecule has 0 radical (unpaired) electrons. The van der Waals surface area contributed by atoms with Gasteiger partial charge in [0.15, 0.2) is 0 Å². The lowest BCUT2D eigenvalue weighted by atomic mass is 9.95. The second-order valence-electron chi connectivity index (χ2n) is 10.1. The summed E-state index contributed by atoms with van der Waals surface area (Å²) in [5.74, 6) is -0.525. The van der Waals surface area contributed by atoms with Gasteiger partial charge in [0, 0.05) is 25.2 Å². The van der Waals surface area contributed by atoms with Crippen LogP contribution in [0.3, 0.4) is 0 Å². The summed E-state index contributed by atoms with van der Waals surface area (Å²) in [6.45, 7) is 14.7. The second kappa shape index (κ2) is 13.7. The molecule has 8 nitrogen and oxygen atoms in total. The van der Waals surface area contributed by atoms with E-state index < -0.39 is 6.04 Å². The zero-order chi connectivity index (χ0) is 25.3. The van der Waals surface area contributed by atoms with Crippen molar-refractivity contribution in [3.8, 4) is 0 Å². The van der Waals surface area contributed by atoms with Gasteiger partial charge in [0.25, 0.3) is 0 Å². The Balaban J connectivity index is 3.03. The van der Waals surface area contributed by atoms with Gasteiger partial charge in [-0.3, -0.25) is 19.3 Å². The monoisotopic (exact) mass is 466 g/mol. The summed E-state index contributed by atoms with van der Waals surface area (Å²) >= 11 is 0. The Morgan fingerprint density at radius 3 is 2.24 bits per heavy atom. The number of nitrogens with zero attached hydrogens (tertiary/aromatic N) is 2. The maximum Gasteiger partial charge on any atom is 0.246 e. The first kappa shape index (κ1) is 29.1. The molecule has 3 atom stereocenters. The van der Waals surface area contributed by atoms with Gasteiger partial charge in [-0.15, -0.1) is 0 Å². The Kier molecular flexibility index (Phi) is 12.1. The lowest BCUT2D eigenvalue weighted by molar-refractivity contribution is -0.140. The minimum absolute atomic E-state index is 0.0674. The minimum Gasteiger partial charge on any atom is -0.395 e. The van der Waals surface area contributed by atoms with Gasteiger partial charge in [0.05, 0.1) is 18.7 Å². The molecule has 1 fully saturated rings. The zero-order valence-electron chi connectivity index (χ0n) is 21.9. The zero-order valence-corrected chi connectivity index (χ0v) is 21.9. The molecule has 3 N–H and O–H groups in total. The Labute approximate surface area is 200 Å². The smallest absolute Gasteiger partial charge is 0.246 e. The first-order valence-electron chi connectivity index (χ1n) is 12.3. The molecule has 33 heavy (non-hydrogen) atoms. The minimum atomic E-state index is -0.642. The van der Waals surface area contributed by atoms with E-state index in [4.69, 9.17) is 5.11 Å². The highest BCUT2D eigenvalue weighted by Crippen LogP contribution is 2.21. The quantitative estimate of drug-likeness (QED) is 0.404. The van der Waals surface area contributed by atoms with Crippen LogP contribution >= 0.6 is 0 Å². The summed E-state index contributed by atoms with van der Waals surface area (Å²) in [6, 6.07) is -0.891. The van der Waals surface area contributed by atoms with Crippen molar-refractivity contribution in [2.45, 2.75) is 91.9 Å². The summed E-state index contributed by atoms with van der Waals surface area (Å²) in [6.07, 6.45) is 4.69. The third kappa shape index (κ3) is 8.41. The Morgan fingerprint density at radius 1 is 1.09 bits per heavy atom. The lowest BCUT2D eigenvalue weighted by Crippen LogP contribution is -2.58. The third-order valence-corrected chi connectivity index (χ3v) is 6.39. The highest BCUT2D eigenvalue weighted by Gasteiger charge is 2.35. The highest BCUT2D eigenvalue weighted by molar-refractivity contribution is 5.93. The number of aliphatic hydroxyl groups excluding tert-OH is 1. The van der Waals surface area contributed by atoms with Gasteiger partial charge in [-0.1, -0.05) is 40.2 Å². The highest BCUT2D eigenvalue weighted by atomic mass is 16.3. The maximum atomic E-state index is 13.5. The number of likely N-dealkylation sites (tertiary alicyclic amines) is 1. The van der Waals surface area contributed by atoms with E-state index in [9.17, 15) is 14.4 Å². The van der Waals surface area contributed by atoms with Crippen LogP contribution in [0.15, 0.2) is 11.6 Å². The molecule has 0 aromatic rings. The van der Waals surface area contributed by atoms with Gasteiger partial charge in [-0.05, 0) is 52.0 Å². The van der Waals surface area contributed by atoms with Crippen LogP contribution in [0.1, 0.15) is 67.7 Å². The van der Waals surface area contributed by atoms with Crippen LogP contribution in [0.25, 0.3) is 0 Å². The van der Waals surface area contributed by atoms with Crippen LogP contribution in [0.4, 0.5) is 0 Å². The predicted molar refractivity (Wildman–Crippen MR) is 131 cm³/mol. The molecule has 1 aliphatic heterocycles. The molecule has 8 heteroatoms. The van der Waals surface area contributed by atoms with Crippen molar-refractivity contribution in [2.75, 3.05) is 26.7 Å². The van der Waals surface area contributed by atoms with E-state index in [1.165, 1.54) is 0 Å². The van der Waals surface area contributed by atoms with Crippen LogP contribution in [-0.4, -0.2) is 83.5 Å². The van der Waals surface area contributed by atoms with Crippen LogP contribution in [-0.2, 0) is 14.4 Å². The molecule has 0 aromatic carbocycles. The average Bonchev–Trinajstić information content (AvgIpc) is 2.77. The number of nitrogens with one attached hydrogen (secondary N) is 2. The van der Waals surface area contributed by atoms with Gasteiger partial charge in [0.2, 0.25) is 17.7 Å². The number of piperidine rings is 1. The normalized spacial score (nSPS) is 19.5. The molecule has 190 valence electrons. The van der Waals surface area contributed by atoms with Crippen molar-refractivity contribution >= 4 is 17.7 Å². The molecule has 1 saturated heterocycles. The molecule has 0 unspecified atom stereocenters. The summed E-state index contributed by atoms with van der Waals surface area (Å²) in [5.41, 5.74) is 0.488. The van der Waals surface area contributed by atoms with Gasteiger partial charge in [-0.25, -0.2) is 0 Å². The van der Waals surface area contributed by atoms with Crippen molar-refractivity contribution in [3.05, 3.63) is 11.6 Å². The van der Waals surface area contributed by atoms with E-state index >= 15 is 0 Å². The van der Waals surface area contributed by atoms with Crippen molar-refractivity contribution < 1.29 is 19.5 Å². The molecule has 0 aliphatic carbocycles. The van der Waals surface area contributed by atoms with Crippen LogP contribution in [0, 0.1) is 11.8 Å². The SMILES string of the molecule is C/C(=C\[C@H](C(C)C)N(C)C(=O)[C@@H](NC(=O)[C@H]1CCCCN1C(C)C)C(C)C)C(=O)NCCO. The van der Waals surface area contributed by atoms with Crippen LogP contribution in [0.2, 0.25) is 0 Å². The number of carbonyl (C=O) groups is 3. The first-order chi connectivity index (χ1) is 15.4. The number of hydrogen-bond donors (Lipinski definition) is 3. The van der Waals surface area contributed by atoms with Gasteiger partial charge < -0.3 is 20.6 Å². The fourth-order valence-corrected chi connectivity index (χ4v) is 4.37. The molecule has 3 amide bonds. The van der Waals surface area contributed by atoms with E-state index in [1.807, 2.05) is 27.7 Å². The molecular formula is C25H46N4O4. The molecule has 1 heterocycles. The van der Waals surface area contributed by atoms with E-state index in [1.54, 1.807) is 24.9 Å². The van der Waals surface area contributed by atoms with Gasteiger partial charge >= 0.3 is 0 Å². The van der Waals surface area contributed by atoms with Crippen LogP contribution < -0.4 is 10.6 Å². The average molecular weight is 467 g/mol. The Hall–Kier alpha value is -1.93. The lowest BCUT2D eigenvalue weighted by Gasteiger charge is -2.39. The molecule has 0 bridgehead atoms. The topological polar surface area (TPSA) is 102 Å². The van der Waals surface area contributed by atoms with Gasteiger partial charge in [-0.2, -0.15) is 0 Å². The molecule has 0 aromatic heterocycles. The summed E-state index contributed by atoms with van der Waals surface area (Å²) in [5, 5.41) is 14.6. The third-order valence-electron chi connectivity index (χ3n) is 6.39. The summed E-state index contributed by atoms with van der Waals surface area (Å²) in [7, 11) is 1.73. The standard InChI is InChI=1S/C25H46N4O4/c1-16(2)21(15-19(7)23(31)26-12-14-30)28(8)25(33)22(17(3)4)27-24(32)20-11-9-10-13-29(20)18(5)6/h15-18,20-22,30H,9-14H2,1-8H3,(H,26,31)(H,27,32)/b19-15+/t20-,21-,22+/m1/s1. The Morgan fingerprint density at radius 2 is 1.73 bits per heavy atom. The number of hydrogen-bond acceptors (Lipinski definition) is 5. The van der Waals surface area contributed by atoms with Crippen molar-refractivity contribution in [3.63, 3.8) is 0 Å². The summed E-state index contributed by atoms with van der Waals surface area (Å²) in [4.78, 5) is 42.8. The largest absolute Gasteiger partial charge is 0.395 e. The first-order valence-corrected chi connectivity index (χ1v) is 12.3. The van der Waals surface area contributed by atoms with Crippen molar-refractivity contribution in [2.24, 2.45) is 11.8 Å². The fraction of sp³-hybridized carbons (Fsp3) is 0.800. The van der Waals surface area contributed by atoms with Crippen LogP contribution in [0.5, 0.6) is 0 Å². The Bertz CT molecular complexity index is 690. The fourth-order valence-electron chi connectivity index (χ4n) is 4.37. The number of likely N-dealkylation sites (N-methyl/N-ethyl adjacent to an activating group) is 1. The molecule has 0 spiro atoms. The predicted octanol–water partition coefficient (Wildman–Crippen LogP) is 1.93. The maximum absolute atomic E-state index is 13.5. The van der Waals surface area contributed by atoms with Crippen molar-refractivity contribution in [1.29, 1.82) is 0 Å². The van der Waals surface area contributed by atoms with E-state index in [0.29, 0.717) is 5.57 Å². The van der Waals surface area contributed by atoms with Crippen molar-refractivity contribution in [1.82, 2.24) is 20.4 Å². The van der Waals surface area contributed by atoms with E-state index in [2.05, 4.69) is 29.4 Å². The molecule has 1 aliphatic rings. The van der Waals surface area contributed by atoms with E-state index in [0.717, 1.165) is 25.8 Å². The number of amides is 3. The molecule has 1 rings (SSSR count). The number of rotatable bonds is 11. The summed E-state index contributed by atoms with van der Waals surface area (Å²) < 4.78 is 0. The number of aliphatic hydroxyl groups is 1. The molecular weight excluding hydrogens is 420 g/mol.